The molecule has 0 N–H and O–H groups in total. The van der Waals surface area contributed by atoms with E-state index in [2.05, 4.69) is 319 Å². The molecule has 0 amide bonds. The van der Waals surface area contributed by atoms with Gasteiger partial charge in [-0.2, -0.15) is 0 Å². The van der Waals surface area contributed by atoms with Crippen molar-refractivity contribution in [2.45, 2.75) is 119 Å². The van der Waals surface area contributed by atoms with Crippen molar-refractivity contribution in [1.29, 1.82) is 0 Å². The molecule has 90 heavy (non-hydrogen) atoms. The third-order valence-corrected chi connectivity index (χ3v) is 19.9. The van der Waals surface area contributed by atoms with E-state index < -0.39 is 0 Å². The first-order valence-electron chi connectivity index (χ1n) is 33.1. The molecule has 0 aliphatic carbocycles. The number of hydrogen-bond donors (Lipinski definition) is 0. The highest BCUT2D eigenvalue weighted by atomic mass is 15.2. The van der Waals surface area contributed by atoms with Crippen LogP contribution in [0.2, 0.25) is 0 Å². The molecule has 0 fully saturated rings. The van der Waals surface area contributed by atoms with Crippen LogP contribution in [0.3, 0.4) is 0 Å². The van der Waals surface area contributed by atoms with Crippen molar-refractivity contribution in [2.24, 2.45) is 0 Å². The third kappa shape index (κ3) is 9.68. The van der Waals surface area contributed by atoms with Gasteiger partial charge in [-0.3, -0.25) is 0 Å². The molecule has 0 saturated carbocycles. The number of hydrogen-bond acceptors (Lipinski definition) is 4. The van der Waals surface area contributed by atoms with Gasteiger partial charge in [0.2, 0.25) is 0 Å². The normalized spacial score (nSPS) is 13.6. The maximum absolute atomic E-state index is 2.70. The van der Waals surface area contributed by atoms with E-state index in [9.17, 15) is 0 Å². The Morgan fingerprint density at radius 2 is 0.711 bits per heavy atom. The minimum Gasteiger partial charge on any atom is -0.311 e. The van der Waals surface area contributed by atoms with Crippen molar-refractivity contribution < 1.29 is 0 Å². The fourth-order valence-corrected chi connectivity index (χ4v) is 15.1. The summed E-state index contributed by atoms with van der Waals surface area (Å²) in [4.78, 5) is 10.5. The first-order chi connectivity index (χ1) is 43.6. The average Bonchev–Trinajstić information content (AvgIpc) is 0.689. The van der Waals surface area contributed by atoms with E-state index in [0.29, 0.717) is 0 Å². The molecule has 0 atom stereocenters. The first-order valence-corrected chi connectivity index (χ1v) is 33.1. The number of aryl methyl sites for hydroxylation is 4. The Bertz CT molecular complexity index is 4540. The third-order valence-electron chi connectivity index (χ3n) is 19.9. The predicted molar refractivity (Wildman–Crippen MR) is 389 cm³/mol. The summed E-state index contributed by atoms with van der Waals surface area (Å²) in [6.45, 7) is 22.9. The quantitative estimate of drug-likeness (QED) is 0.113. The summed E-state index contributed by atoms with van der Waals surface area (Å²) >= 11 is 0. The summed E-state index contributed by atoms with van der Waals surface area (Å²) in [5.74, 6) is 0. The highest BCUT2D eigenvalue weighted by Crippen LogP contribution is 2.51. The van der Waals surface area contributed by atoms with Gasteiger partial charge in [0.1, 0.15) is 0 Å². The molecule has 0 unspecified atom stereocenters. The van der Waals surface area contributed by atoms with Crippen LogP contribution in [0, 0.1) is 13.8 Å². The summed E-state index contributed by atoms with van der Waals surface area (Å²) < 4.78 is 0. The van der Waals surface area contributed by atoms with Crippen LogP contribution in [0.1, 0.15) is 114 Å². The lowest BCUT2D eigenvalue weighted by molar-refractivity contribution is 0.590. The summed E-state index contributed by atoms with van der Waals surface area (Å²) in [5, 5.41) is 0. The largest absolute Gasteiger partial charge is 0.311 e. The van der Waals surface area contributed by atoms with E-state index in [1.807, 2.05) is 0 Å². The highest BCUT2D eigenvalue weighted by molar-refractivity contribution is 7.03. The molecule has 0 spiro atoms. The Kier molecular flexibility index (Phi) is 14.2. The number of rotatable bonds is 12. The van der Waals surface area contributed by atoms with Crippen molar-refractivity contribution in [3.05, 3.63) is 264 Å². The molecule has 0 radical (unpaired) electrons. The van der Waals surface area contributed by atoms with Gasteiger partial charge in [-0.1, -0.05) is 219 Å². The fraction of sp³-hybridized carbons (Fsp3) is 0.214. The van der Waals surface area contributed by atoms with Crippen molar-refractivity contribution in [1.82, 2.24) is 0 Å². The Labute approximate surface area is 535 Å². The monoisotopic (exact) mass is 1170 g/mol. The fourth-order valence-electron chi connectivity index (χ4n) is 15.1. The van der Waals surface area contributed by atoms with Crippen molar-refractivity contribution in [3.63, 3.8) is 0 Å². The lowest BCUT2D eigenvalue weighted by Gasteiger charge is -2.48. The van der Waals surface area contributed by atoms with Crippen LogP contribution in [-0.2, 0) is 23.7 Å². The standard InChI is InChI=1S/C84H80B2N4/c1-11-13-23-57-31-39-65(40-32-57)87-72-47-30-55(3)48-69(72)85-70-53-71-75(54-74(70)89(67-43-35-63(36-44-67)83(5,6)7)77-50-61(49-76(87)81(77)85)59-25-17-15-18-26-59)90(68-45-37-64(38-46-68)84(8,9)10)79-52-62(60-27-19-16-20-28-60)51-78-82(79)86(71)80-56(4)22-21-29-73(80)88(78)66-41-33-58(34-42-66)24-14-12-2/h15-22,25-54H,11-14,23-24H2,1-10H3. The second kappa shape index (κ2) is 22.4. The molecule has 4 nitrogen and oxygen atoms in total. The Hall–Kier alpha value is -9.25. The number of unbranched alkanes of at least 4 members (excludes halogenated alkanes) is 2. The SMILES string of the molecule is CCCCc1ccc(N2c3ccc(C)cc3B3c4cc5c(cc4N(c4ccc(C(C)(C)C)cc4)c4cc(-c6ccccc6)cc2c43)N(c2ccc(C(C)(C)C)cc2)c2cc(-c3ccccc3)cc3c2B5c2c(C)cccc2N3c2ccc(CCCC)cc2)cc1. The molecule has 0 saturated heterocycles. The van der Waals surface area contributed by atoms with E-state index >= 15 is 0 Å². The van der Waals surface area contributed by atoms with E-state index in [0.717, 1.165) is 24.2 Å². The smallest absolute Gasteiger partial charge is 0.252 e. The van der Waals surface area contributed by atoms with Crippen molar-refractivity contribution in [2.75, 3.05) is 19.6 Å². The summed E-state index contributed by atoms with van der Waals surface area (Å²) in [5.41, 5.74) is 34.8. The van der Waals surface area contributed by atoms with Gasteiger partial charge in [0.05, 0.1) is 0 Å². The molecule has 0 bridgehead atoms. The number of nitrogens with zero attached hydrogens (tertiary/aromatic N) is 4. The van der Waals surface area contributed by atoms with Gasteiger partial charge < -0.3 is 19.6 Å². The van der Waals surface area contributed by atoms with E-state index in [1.54, 1.807) is 0 Å². The van der Waals surface area contributed by atoms with Gasteiger partial charge >= 0.3 is 0 Å². The van der Waals surface area contributed by atoms with Crippen LogP contribution in [0.5, 0.6) is 0 Å². The average molecular weight is 1170 g/mol. The molecule has 4 aliphatic rings. The number of benzene rings is 11. The lowest BCUT2D eigenvalue weighted by Crippen LogP contribution is -2.65. The van der Waals surface area contributed by atoms with Crippen LogP contribution in [0.15, 0.2) is 231 Å². The van der Waals surface area contributed by atoms with Gasteiger partial charge in [0.15, 0.2) is 0 Å². The minimum absolute atomic E-state index is 0.0287. The van der Waals surface area contributed by atoms with Gasteiger partial charge in [-0.05, 0) is 219 Å². The van der Waals surface area contributed by atoms with Crippen molar-refractivity contribution in [3.8, 4) is 22.3 Å². The van der Waals surface area contributed by atoms with Crippen LogP contribution >= 0.6 is 0 Å². The molecular weight excluding hydrogens is 1090 g/mol. The van der Waals surface area contributed by atoms with E-state index in [-0.39, 0.29) is 24.3 Å². The van der Waals surface area contributed by atoms with Crippen LogP contribution in [-0.4, -0.2) is 13.4 Å². The van der Waals surface area contributed by atoms with Gasteiger partial charge in [-0.25, -0.2) is 0 Å². The van der Waals surface area contributed by atoms with Crippen molar-refractivity contribution >= 4 is 114 Å². The van der Waals surface area contributed by atoms with Gasteiger partial charge in [0.25, 0.3) is 13.4 Å². The Morgan fingerprint density at radius 1 is 0.311 bits per heavy atom. The molecule has 11 aromatic rings. The van der Waals surface area contributed by atoms with E-state index in [1.165, 1.54) is 171 Å². The molecular formula is C84H80B2N4. The summed E-state index contributed by atoms with van der Waals surface area (Å²) in [6.07, 6.45) is 6.85. The van der Waals surface area contributed by atoms with Gasteiger partial charge in [0, 0.05) is 68.2 Å². The van der Waals surface area contributed by atoms with Gasteiger partial charge in [-0.15, -0.1) is 0 Å². The zero-order chi connectivity index (χ0) is 61.7. The minimum atomic E-state index is -0.108. The number of fused-ring (bicyclic) bond motifs is 8. The zero-order valence-corrected chi connectivity index (χ0v) is 54.1. The molecule has 442 valence electrons. The molecule has 11 aromatic carbocycles. The molecule has 15 rings (SSSR count). The summed E-state index contributed by atoms with van der Waals surface area (Å²) in [6, 6.07) is 89.7. The molecule has 4 aliphatic heterocycles. The maximum Gasteiger partial charge on any atom is 0.252 e. The second-order valence-electron chi connectivity index (χ2n) is 28.0. The second-order valence-corrected chi connectivity index (χ2v) is 28.0. The van der Waals surface area contributed by atoms with Crippen LogP contribution < -0.4 is 52.4 Å². The summed E-state index contributed by atoms with van der Waals surface area (Å²) in [7, 11) is 0. The first kappa shape index (κ1) is 57.2. The highest BCUT2D eigenvalue weighted by Gasteiger charge is 2.49. The Morgan fingerprint density at radius 3 is 1.16 bits per heavy atom. The Balaban J connectivity index is 1.06. The lowest BCUT2D eigenvalue weighted by atomic mass is 9.30. The predicted octanol–water partition coefficient (Wildman–Crippen LogP) is 19.1. The number of anilines is 12. The maximum atomic E-state index is 2.70. The van der Waals surface area contributed by atoms with E-state index in [4.69, 9.17) is 0 Å². The van der Waals surface area contributed by atoms with Crippen LogP contribution in [0.4, 0.5) is 68.2 Å². The molecule has 4 heterocycles. The van der Waals surface area contributed by atoms with Crippen LogP contribution in [0.25, 0.3) is 22.3 Å². The zero-order valence-electron chi connectivity index (χ0n) is 54.1. The topological polar surface area (TPSA) is 13.0 Å². The molecule has 0 aromatic heterocycles. The molecule has 6 heteroatoms.